The molecule has 0 saturated carbocycles. The zero-order chi connectivity index (χ0) is 14.6. The van der Waals surface area contributed by atoms with Gasteiger partial charge in [-0.3, -0.25) is 0 Å². The van der Waals surface area contributed by atoms with Gasteiger partial charge in [0, 0.05) is 17.4 Å². The van der Waals surface area contributed by atoms with E-state index in [4.69, 9.17) is 4.42 Å². The first-order valence-electron chi connectivity index (χ1n) is 6.13. The number of furan rings is 1. The zero-order valence-electron chi connectivity index (χ0n) is 11.7. The van der Waals surface area contributed by atoms with Gasteiger partial charge in [-0.05, 0) is 26.5 Å². The van der Waals surface area contributed by atoms with Crippen LogP contribution in [0, 0.1) is 13.8 Å². The summed E-state index contributed by atoms with van der Waals surface area (Å²) in [5, 5.41) is 9.30. The fourth-order valence-electron chi connectivity index (χ4n) is 1.90. The quantitative estimate of drug-likeness (QED) is 0.803. The zero-order valence-corrected chi connectivity index (χ0v) is 13.3. The highest BCUT2D eigenvalue weighted by molar-refractivity contribution is 7.99. The number of aliphatic hydroxyl groups is 1. The third kappa shape index (κ3) is 3.98. The topological polar surface area (TPSA) is 79.5 Å². The Morgan fingerprint density at radius 3 is 2.53 bits per heavy atom. The SMILES string of the molecule is CCSCC(C)NS(=O)(=O)c1c(C)oc(C)c1CO. The van der Waals surface area contributed by atoms with Gasteiger partial charge >= 0.3 is 0 Å². The minimum atomic E-state index is -3.66. The number of thioether (sulfide) groups is 1. The molecule has 1 rings (SSSR count). The summed E-state index contributed by atoms with van der Waals surface area (Å²) in [5.41, 5.74) is 0.334. The molecule has 0 saturated heterocycles. The van der Waals surface area contributed by atoms with Crippen molar-refractivity contribution < 1.29 is 17.9 Å². The number of aliphatic hydroxyl groups excluding tert-OH is 1. The summed E-state index contributed by atoms with van der Waals surface area (Å²) >= 11 is 1.67. The van der Waals surface area contributed by atoms with E-state index in [-0.39, 0.29) is 17.5 Å². The van der Waals surface area contributed by atoms with Gasteiger partial charge in [-0.15, -0.1) is 0 Å². The van der Waals surface area contributed by atoms with Gasteiger partial charge in [0.25, 0.3) is 0 Å². The van der Waals surface area contributed by atoms with Crippen LogP contribution in [0.1, 0.15) is 30.9 Å². The van der Waals surface area contributed by atoms with Crippen molar-refractivity contribution in [2.45, 2.75) is 45.2 Å². The summed E-state index contributed by atoms with van der Waals surface area (Å²) in [6.07, 6.45) is 0. The van der Waals surface area contributed by atoms with Crippen LogP contribution < -0.4 is 4.72 Å². The number of hydrogen-bond donors (Lipinski definition) is 2. The fourth-order valence-corrected chi connectivity index (χ4v) is 4.36. The highest BCUT2D eigenvalue weighted by Crippen LogP contribution is 2.26. The maximum Gasteiger partial charge on any atom is 0.244 e. The van der Waals surface area contributed by atoms with Crippen molar-refractivity contribution in [1.29, 1.82) is 0 Å². The van der Waals surface area contributed by atoms with E-state index in [0.29, 0.717) is 22.8 Å². The third-order valence-electron chi connectivity index (χ3n) is 2.68. The lowest BCUT2D eigenvalue weighted by molar-refractivity contribution is 0.276. The van der Waals surface area contributed by atoms with Gasteiger partial charge in [-0.2, -0.15) is 11.8 Å². The first kappa shape index (κ1) is 16.6. The molecule has 110 valence electrons. The van der Waals surface area contributed by atoms with Crippen LogP contribution in [0.4, 0.5) is 0 Å². The maximum absolute atomic E-state index is 12.3. The summed E-state index contributed by atoms with van der Waals surface area (Å²) in [6.45, 7) is 6.73. The molecule has 7 heteroatoms. The lowest BCUT2D eigenvalue weighted by atomic mass is 10.2. The molecule has 2 N–H and O–H groups in total. The Morgan fingerprint density at radius 1 is 1.37 bits per heavy atom. The average Bonchev–Trinajstić information content (AvgIpc) is 2.60. The van der Waals surface area contributed by atoms with Gasteiger partial charge in [0.2, 0.25) is 10.0 Å². The molecule has 1 aromatic heterocycles. The molecule has 1 unspecified atom stereocenters. The molecule has 0 aliphatic rings. The Labute approximate surface area is 118 Å². The van der Waals surface area contributed by atoms with Gasteiger partial charge in [0.1, 0.15) is 16.4 Å². The van der Waals surface area contributed by atoms with Gasteiger partial charge < -0.3 is 9.52 Å². The van der Waals surface area contributed by atoms with E-state index in [1.54, 1.807) is 25.6 Å². The molecule has 0 amide bonds. The Morgan fingerprint density at radius 2 is 2.00 bits per heavy atom. The Kier molecular flexibility index (Phi) is 5.91. The minimum absolute atomic E-state index is 0.0702. The van der Waals surface area contributed by atoms with Crippen LogP contribution in [-0.4, -0.2) is 31.1 Å². The van der Waals surface area contributed by atoms with Crippen molar-refractivity contribution in [1.82, 2.24) is 4.72 Å². The van der Waals surface area contributed by atoms with Crippen molar-refractivity contribution in [2.24, 2.45) is 0 Å². The first-order chi connectivity index (χ1) is 8.83. The van der Waals surface area contributed by atoms with Gasteiger partial charge in [-0.25, -0.2) is 13.1 Å². The van der Waals surface area contributed by atoms with E-state index in [0.717, 1.165) is 5.75 Å². The Balaban J connectivity index is 3.01. The van der Waals surface area contributed by atoms with Crippen molar-refractivity contribution in [3.05, 3.63) is 17.1 Å². The normalized spacial score (nSPS) is 13.7. The summed E-state index contributed by atoms with van der Waals surface area (Å²) in [5.74, 6) is 2.40. The lowest BCUT2D eigenvalue weighted by Gasteiger charge is -2.13. The van der Waals surface area contributed by atoms with Crippen LogP contribution >= 0.6 is 11.8 Å². The van der Waals surface area contributed by atoms with Crippen LogP contribution in [0.25, 0.3) is 0 Å². The maximum atomic E-state index is 12.3. The third-order valence-corrected chi connectivity index (χ3v) is 5.61. The first-order valence-corrected chi connectivity index (χ1v) is 8.77. The van der Waals surface area contributed by atoms with Gasteiger partial charge in [-0.1, -0.05) is 6.92 Å². The van der Waals surface area contributed by atoms with Crippen molar-refractivity contribution >= 4 is 21.8 Å². The summed E-state index contributed by atoms with van der Waals surface area (Å²) in [4.78, 5) is 0.0702. The molecule has 0 aliphatic carbocycles. The lowest BCUT2D eigenvalue weighted by Crippen LogP contribution is -2.35. The average molecular weight is 307 g/mol. The number of aryl methyl sites for hydroxylation is 2. The van der Waals surface area contributed by atoms with Crippen LogP contribution in [0.5, 0.6) is 0 Å². The predicted molar refractivity (Wildman–Crippen MR) is 76.9 cm³/mol. The van der Waals surface area contributed by atoms with Crippen LogP contribution in [-0.2, 0) is 16.6 Å². The van der Waals surface area contributed by atoms with E-state index >= 15 is 0 Å². The second-order valence-electron chi connectivity index (χ2n) is 4.36. The van der Waals surface area contributed by atoms with Gasteiger partial charge in [0.15, 0.2) is 0 Å². The molecule has 0 aliphatic heterocycles. The highest BCUT2D eigenvalue weighted by atomic mass is 32.2. The molecule has 1 atom stereocenters. The number of nitrogens with one attached hydrogen (secondary N) is 1. The molecular formula is C12H21NO4S2. The van der Waals surface area contributed by atoms with Crippen LogP contribution in [0.3, 0.4) is 0 Å². The van der Waals surface area contributed by atoms with E-state index in [2.05, 4.69) is 4.72 Å². The molecule has 5 nitrogen and oxygen atoms in total. The summed E-state index contributed by atoms with van der Waals surface area (Å²) < 4.78 is 32.6. The summed E-state index contributed by atoms with van der Waals surface area (Å²) in [6, 6.07) is -0.170. The van der Waals surface area contributed by atoms with Crippen molar-refractivity contribution in [3.63, 3.8) is 0 Å². The molecular weight excluding hydrogens is 286 g/mol. The van der Waals surface area contributed by atoms with E-state index in [1.165, 1.54) is 0 Å². The number of sulfonamides is 1. The second kappa shape index (κ2) is 6.78. The van der Waals surface area contributed by atoms with Crippen molar-refractivity contribution in [3.8, 4) is 0 Å². The molecule has 1 heterocycles. The molecule has 1 aromatic rings. The molecule has 0 spiro atoms. The summed E-state index contributed by atoms with van der Waals surface area (Å²) in [7, 11) is -3.66. The smallest absolute Gasteiger partial charge is 0.244 e. The predicted octanol–water partition coefficient (Wildman–Crippen LogP) is 1.81. The van der Waals surface area contributed by atoms with E-state index in [9.17, 15) is 13.5 Å². The van der Waals surface area contributed by atoms with Crippen LogP contribution in [0.15, 0.2) is 9.31 Å². The standard InChI is InChI=1S/C12H21NO4S2/c1-5-18-7-8(2)13-19(15,16)12-10(4)17-9(3)11(12)6-14/h8,13-14H,5-7H2,1-4H3. The number of rotatable bonds is 7. The van der Waals surface area contributed by atoms with E-state index < -0.39 is 10.0 Å². The number of hydrogen-bond acceptors (Lipinski definition) is 5. The highest BCUT2D eigenvalue weighted by Gasteiger charge is 2.27. The molecule has 19 heavy (non-hydrogen) atoms. The molecule has 0 fully saturated rings. The Hall–Kier alpha value is -0.500. The minimum Gasteiger partial charge on any atom is -0.465 e. The van der Waals surface area contributed by atoms with Gasteiger partial charge in [0.05, 0.1) is 6.61 Å². The Bertz CT molecular complexity index is 522. The second-order valence-corrected chi connectivity index (χ2v) is 7.33. The monoisotopic (exact) mass is 307 g/mol. The van der Waals surface area contributed by atoms with Crippen molar-refractivity contribution in [2.75, 3.05) is 11.5 Å². The fraction of sp³-hybridized carbons (Fsp3) is 0.667. The van der Waals surface area contributed by atoms with Crippen LogP contribution in [0.2, 0.25) is 0 Å². The largest absolute Gasteiger partial charge is 0.465 e. The molecule has 0 radical (unpaired) electrons. The van der Waals surface area contributed by atoms with E-state index in [1.807, 2.05) is 13.8 Å². The molecule has 0 aromatic carbocycles. The molecule has 0 bridgehead atoms.